The molecule has 18 heavy (non-hydrogen) atoms. The molecule has 0 heterocycles. The van der Waals surface area contributed by atoms with Gasteiger partial charge in [-0.2, -0.15) is 0 Å². The van der Waals surface area contributed by atoms with E-state index in [4.69, 9.17) is 9.47 Å². The molecule has 0 fully saturated rings. The summed E-state index contributed by atoms with van der Waals surface area (Å²) in [5.41, 5.74) is 0.806. The zero-order valence-electron chi connectivity index (χ0n) is 11.8. The van der Waals surface area contributed by atoms with Crippen LogP contribution in [0.25, 0.3) is 0 Å². The standard InChI is InChI=1S/C15H24O3/c1-11(2)6-5-9-18-15-10-13(17-4)7-8-14(15)12(3)16/h7-8,10-12,16H,5-6,9H2,1-4H3/t12-/m1/s1. The Labute approximate surface area is 110 Å². The first-order valence-corrected chi connectivity index (χ1v) is 6.53. The highest BCUT2D eigenvalue weighted by Crippen LogP contribution is 2.29. The van der Waals surface area contributed by atoms with Crippen molar-refractivity contribution < 1.29 is 14.6 Å². The van der Waals surface area contributed by atoms with Crippen molar-refractivity contribution in [3.05, 3.63) is 23.8 Å². The topological polar surface area (TPSA) is 38.7 Å². The van der Waals surface area contributed by atoms with E-state index in [2.05, 4.69) is 13.8 Å². The maximum atomic E-state index is 9.69. The van der Waals surface area contributed by atoms with E-state index in [1.54, 1.807) is 14.0 Å². The Morgan fingerprint density at radius 2 is 1.94 bits per heavy atom. The Hall–Kier alpha value is -1.22. The number of hydrogen-bond donors (Lipinski definition) is 1. The molecule has 1 atom stereocenters. The van der Waals surface area contributed by atoms with Crippen LogP contribution in [0.4, 0.5) is 0 Å². The van der Waals surface area contributed by atoms with E-state index in [1.165, 1.54) is 0 Å². The molecule has 1 N–H and O–H groups in total. The van der Waals surface area contributed by atoms with Gasteiger partial charge in [-0.05, 0) is 37.8 Å². The summed E-state index contributed by atoms with van der Waals surface area (Å²) in [6, 6.07) is 5.52. The van der Waals surface area contributed by atoms with Crippen molar-refractivity contribution in [2.24, 2.45) is 5.92 Å². The van der Waals surface area contributed by atoms with Crippen molar-refractivity contribution in [1.29, 1.82) is 0 Å². The second-order valence-electron chi connectivity index (χ2n) is 4.96. The third kappa shape index (κ3) is 4.57. The number of benzene rings is 1. The van der Waals surface area contributed by atoms with Gasteiger partial charge in [0, 0.05) is 11.6 Å². The van der Waals surface area contributed by atoms with Crippen molar-refractivity contribution in [3.8, 4) is 11.5 Å². The fourth-order valence-electron chi connectivity index (χ4n) is 1.79. The summed E-state index contributed by atoms with van der Waals surface area (Å²) in [6.45, 7) is 6.81. The molecule has 0 aliphatic carbocycles. The highest BCUT2D eigenvalue weighted by atomic mass is 16.5. The highest BCUT2D eigenvalue weighted by Gasteiger charge is 2.10. The smallest absolute Gasteiger partial charge is 0.128 e. The van der Waals surface area contributed by atoms with Gasteiger partial charge in [0.15, 0.2) is 0 Å². The number of aliphatic hydroxyl groups is 1. The zero-order chi connectivity index (χ0) is 13.5. The molecule has 1 rings (SSSR count). The minimum absolute atomic E-state index is 0.531. The molecule has 0 saturated heterocycles. The van der Waals surface area contributed by atoms with Crippen molar-refractivity contribution >= 4 is 0 Å². The summed E-state index contributed by atoms with van der Waals surface area (Å²) in [7, 11) is 1.62. The molecule has 102 valence electrons. The van der Waals surface area contributed by atoms with Gasteiger partial charge in [0.1, 0.15) is 11.5 Å². The quantitative estimate of drug-likeness (QED) is 0.754. The second-order valence-corrected chi connectivity index (χ2v) is 4.96. The molecule has 3 nitrogen and oxygen atoms in total. The average molecular weight is 252 g/mol. The molecule has 0 aliphatic rings. The van der Waals surface area contributed by atoms with E-state index in [9.17, 15) is 5.11 Å². The minimum atomic E-state index is -0.531. The van der Waals surface area contributed by atoms with Crippen LogP contribution in [-0.2, 0) is 0 Å². The summed E-state index contributed by atoms with van der Waals surface area (Å²) in [5.74, 6) is 2.15. The molecule has 1 aromatic rings. The fraction of sp³-hybridized carbons (Fsp3) is 0.600. The first-order chi connectivity index (χ1) is 8.54. The van der Waals surface area contributed by atoms with Crippen LogP contribution in [0.5, 0.6) is 11.5 Å². The Kier molecular flexibility index (Phi) is 5.99. The van der Waals surface area contributed by atoms with E-state index >= 15 is 0 Å². The largest absolute Gasteiger partial charge is 0.497 e. The lowest BCUT2D eigenvalue weighted by atomic mass is 10.1. The van der Waals surface area contributed by atoms with Gasteiger partial charge in [-0.25, -0.2) is 0 Å². The molecular formula is C15H24O3. The molecule has 0 aromatic heterocycles. The van der Waals surface area contributed by atoms with Crippen LogP contribution in [-0.4, -0.2) is 18.8 Å². The van der Waals surface area contributed by atoms with Gasteiger partial charge < -0.3 is 14.6 Å². The molecule has 0 amide bonds. The van der Waals surface area contributed by atoms with E-state index < -0.39 is 6.10 Å². The third-order valence-corrected chi connectivity index (χ3v) is 2.85. The average Bonchev–Trinajstić information content (AvgIpc) is 2.33. The maximum Gasteiger partial charge on any atom is 0.128 e. The lowest BCUT2D eigenvalue weighted by Crippen LogP contribution is -2.04. The lowest BCUT2D eigenvalue weighted by molar-refractivity contribution is 0.190. The first-order valence-electron chi connectivity index (χ1n) is 6.53. The first kappa shape index (κ1) is 14.8. The highest BCUT2D eigenvalue weighted by molar-refractivity contribution is 5.41. The molecule has 0 radical (unpaired) electrons. The molecular weight excluding hydrogens is 228 g/mol. The van der Waals surface area contributed by atoms with E-state index in [-0.39, 0.29) is 0 Å². The molecule has 1 aromatic carbocycles. The molecule has 0 saturated carbocycles. The Balaban J connectivity index is 2.66. The number of aliphatic hydroxyl groups excluding tert-OH is 1. The van der Waals surface area contributed by atoms with Crippen LogP contribution in [0.2, 0.25) is 0 Å². The predicted molar refractivity (Wildman–Crippen MR) is 73.2 cm³/mol. The molecule has 0 bridgehead atoms. The van der Waals surface area contributed by atoms with E-state index in [0.29, 0.717) is 18.3 Å². The normalized spacial score (nSPS) is 12.6. The Morgan fingerprint density at radius 1 is 1.22 bits per heavy atom. The van der Waals surface area contributed by atoms with Crippen molar-refractivity contribution in [3.63, 3.8) is 0 Å². The summed E-state index contributed by atoms with van der Waals surface area (Å²) in [4.78, 5) is 0. The molecule has 0 unspecified atom stereocenters. The number of hydrogen-bond acceptors (Lipinski definition) is 3. The van der Waals surface area contributed by atoms with Crippen molar-refractivity contribution in [2.75, 3.05) is 13.7 Å². The Bertz CT molecular complexity index is 359. The van der Waals surface area contributed by atoms with Gasteiger partial charge in [0.25, 0.3) is 0 Å². The molecule has 0 spiro atoms. The van der Waals surface area contributed by atoms with Gasteiger partial charge in [-0.3, -0.25) is 0 Å². The predicted octanol–water partition coefficient (Wildman–Crippen LogP) is 3.56. The number of ether oxygens (including phenoxy) is 2. The van der Waals surface area contributed by atoms with E-state index in [0.717, 1.165) is 24.2 Å². The molecule has 0 aliphatic heterocycles. The van der Waals surface area contributed by atoms with Crippen LogP contribution in [0, 0.1) is 5.92 Å². The summed E-state index contributed by atoms with van der Waals surface area (Å²) < 4.78 is 10.9. The second kappa shape index (κ2) is 7.27. The van der Waals surface area contributed by atoms with Gasteiger partial charge >= 0.3 is 0 Å². The van der Waals surface area contributed by atoms with Crippen molar-refractivity contribution in [2.45, 2.75) is 39.7 Å². The summed E-state index contributed by atoms with van der Waals surface area (Å²) >= 11 is 0. The fourth-order valence-corrected chi connectivity index (χ4v) is 1.79. The zero-order valence-corrected chi connectivity index (χ0v) is 11.8. The minimum Gasteiger partial charge on any atom is -0.497 e. The van der Waals surface area contributed by atoms with Gasteiger partial charge in [0.05, 0.1) is 19.8 Å². The van der Waals surface area contributed by atoms with Crippen LogP contribution in [0.1, 0.15) is 45.3 Å². The lowest BCUT2D eigenvalue weighted by Gasteiger charge is -2.15. The monoisotopic (exact) mass is 252 g/mol. The third-order valence-electron chi connectivity index (χ3n) is 2.85. The van der Waals surface area contributed by atoms with Crippen LogP contribution in [0.15, 0.2) is 18.2 Å². The summed E-state index contributed by atoms with van der Waals surface area (Å²) in [6.07, 6.45) is 1.64. The summed E-state index contributed by atoms with van der Waals surface area (Å²) in [5, 5.41) is 9.69. The maximum absolute atomic E-state index is 9.69. The van der Waals surface area contributed by atoms with Gasteiger partial charge in [0.2, 0.25) is 0 Å². The van der Waals surface area contributed by atoms with Crippen LogP contribution < -0.4 is 9.47 Å². The van der Waals surface area contributed by atoms with Gasteiger partial charge in [-0.15, -0.1) is 0 Å². The van der Waals surface area contributed by atoms with Gasteiger partial charge in [-0.1, -0.05) is 13.8 Å². The Morgan fingerprint density at radius 3 is 2.50 bits per heavy atom. The number of methoxy groups -OCH3 is 1. The van der Waals surface area contributed by atoms with Crippen LogP contribution >= 0.6 is 0 Å². The molecule has 3 heteroatoms. The van der Waals surface area contributed by atoms with E-state index in [1.807, 2.05) is 18.2 Å². The van der Waals surface area contributed by atoms with Crippen molar-refractivity contribution in [1.82, 2.24) is 0 Å². The van der Waals surface area contributed by atoms with Crippen LogP contribution in [0.3, 0.4) is 0 Å². The number of rotatable bonds is 7. The SMILES string of the molecule is COc1ccc([C@@H](C)O)c(OCCCC(C)C)c1.